The average Bonchev–Trinajstić information content (AvgIpc) is 3.15. The average molecular weight is 383 g/mol. The van der Waals surface area contributed by atoms with E-state index >= 15 is 0 Å². The SMILES string of the molecule is CC1(C)[C@H]2CC[C@]1(C)[C@@H](Oc1ccc(O[C@H]3C[C@@H]4CC[C@@]3(C)C4(C)C)cc1)C2. The van der Waals surface area contributed by atoms with Crippen LogP contribution in [0.15, 0.2) is 24.3 Å². The minimum Gasteiger partial charge on any atom is -0.490 e. The van der Waals surface area contributed by atoms with Crippen LogP contribution >= 0.6 is 0 Å². The summed E-state index contributed by atoms with van der Waals surface area (Å²) < 4.78 is 13.0. The van der Waals surface area contributed by atoms with Gasteiger partial charge in [0.15, 0.2) is 0 Å². The van der Waals surface area contributed by atoms with Crippen molar-refractivity contribution in [2.75, 3.05) is 0 Å². The van der Waals surface area contributed by atoms with Crippen molar-refractivity contribution in [3.63, 3.8) is 0 Å². The smallest absolute Gasteiger partial charge is 0.120 e. The zero-order valence-electron chi connectivity index (χ0n) is 18.7. The quantitative estimate of drug-likeness (QED) is 0.565. The molecule has 4 saturated carbocycles. The van der Waals surface area contributed by atoms with E-state index in [0.29, 0.717) is 33.9 Å². The van der Waals surface area contributed by atoms with Gasteiger partial charge in [-0.05, 0) is 85.5 Å². The van der Waals surface area contributed by atoms with Crippen LogP contribution in [0.1, 0.15) is 80.1 Å². The summed E-state index contributed by atoms with van der Waals surface area (Å²) in [5.41, 5.74) is 1.39. The maximum absolute atomic E-state index is 6.52. The van der Waals surface area contributed by atoms with Gasteiger partial charge in [-0.2, -0.15) is 0 Å². The summed E-state index contributed by atoms with van der Waals surface area (Å²) in [6.45, 7) is 14.7. The van der Waals surface area contributed by atoms with Crippen LogP contribution in [0.4, 0.5) is 0 Å². The molecule has 0 aliphatic heterocycles. The van der Waals surface area contributed by atoms with Gasteiger partial charge in [-0.3, -0.25) is 0 Å². The Bertz CT molecular complexity index is 698. The second-order valence-corrected chi connectivity index (χ2v) is 11.9. The molecule has 0 spiro atoms. The van der Waals surface area contributed by atoms with E-state index in [2.05, 4.69) is 65.8 Å². The Morgan fingerprint density at radius 2 is 1.00 bits per heavy atom. The predicted octanol–water partition coefficient (Wildman–Crippen LogP) is 6.87. The topological polar surface area (TPSA) is 18.5 Å². The predicted molar refractivity (Wildman–Crippen MR) is 114 cm³/mol. The molecule has 0 saturated heterocycles. The second-order valence-electron chi connectivity index (χ2n) is 11.9. The van der Waals surface area contributed by atoms with E-state index in [1.807, 2.05) is 0 Å². The molecule has 0 aromatic heterocycles. The Morgan fingerprint density at radius 1 is 0.643 bits per heavy atom. The van der Waals surface area contributed by atoms with Gasteiger partial charge in [0.1, 0.15) is 23.7 Å². The summed E-state index contributed by atoms with van der Waals surface area (Å²) in [5.74, 6) is 3.63. The van der Waals surface area contributed by atoms with Crippen molar-refractivity contribution in [3.8, 4) is 11.5 Å². The van der Waals surface area contributed by atoms with Crippen molar-refractivity contribution in [1.82, 2.24) is 0 Å². The third-order valence-corrected chi connectivity index (χ3v) is 10.8. The third-order valence-electron chi connectivity index (χ3n) is 10.8. The van der Waals surface area contributed by atoms with Gasteiger partial charge in [-0.25, -0.2) is 0 Å². The highest BCUT2D eigenvalue weighted by Crippen LogP contribution is 2.67. The summed E-state index contributed by atoms with van der Waals surface area (Å²) >= 11 is 0. The molecule has 1 aromatic carbocycles. The molecule has 2 nitrogen and oxygen atoms in total. The number of ether oxygens (including phenoxy) is 2. The fourth-order valence-electron chi connectivity index (χ4n) is 7.54. The van der Waals surface area contributed by atoms with Crippen LogP contribution in [-0.2, 0) is 0 Å². The van der Waals surface area contributed by atoms with E-state index < -0.39 is 0 Å². The molecular weight excluding hydrogens is 344 g/mol. The lowest BCUT2D eigenvalue weighted by molar-refractivity contribution is 0.0278. The number of rotatable bonds is 4. The van der Waals surface area contributed by atoms with Gasteiger partial charge in [0.05, 0.1) is 0 Å². The summed E-state index contributed by atoms with van der Waals surface area (Å²) in [5, 5.41) is 0. The van der Waals surface area contributed by atoms with Crippen LogP contribution in [-0.4, -0.2) is 12.2 Å². The second kappa shape index (κ2) is 5.70. The molecular formula is C26H38O2. The molecule has 154 valence electrons. The van der Waals surface area contributed by atoms with Gasteiger partial charge in [-0.1, -0.05) is 41.5 Å². The highest BCUT2D eigenvalue weighted by molar-refractivity contribution is 5.32. The first-order chi connectivity index (χ1) is 13.1. The highest BCUT2D eigenvalue weighted by atomic mass is 16.5. The van der Waals surface area contributed by atoms with Crippen molar-refractivity contribution in [3.05, 3.63) is 24.3 Å². The lowest BCUT2D eigenvalue weighted by atomic mass is 9.70. The van der Waals surface area contributed by atoms with Crippen LogP contribution < -0.4 is 9.47 Å². The van der Waals surface area contributed by atoms with Crippen LogP contribution in [0.2, 0.25) is 0 Å². The number of hydrogen-bond acceptors (Lipinski definition) is 2. The molecule has 0 unspecified atom stereocenters. The third kappa shape index (κ3) is 2.27. The van der Waals surface area contributed by atoms with Crippen LogP contribution in [0.3, 0.4) is 0 Å². The standard InChI is InChI=1S/C26H38O2/c1-23(2)17-11-13-25(23,5)21(15-17)27-19-7-9-20(10-8-19)28-22-16-18-12-14-26(22,6)24(18,3)4/h7-10,17-18,21-22H,11-16H2,1-6H3/t17-,18-,21-,22-,25+,26+/m0/s1. The molecule has 1 aromatic rings. The van der Waals surface area contributed by atoms with E-state index in [0.717, 1.165) is 23.3 Å². The lowest BCUT2D eigenvalue weighted by Crippen LogP contribution is -2.39. The lowest BCUT2D eigenvalue weighted by Gasteiger charge is -2.39. The molecule has 0 amide bonds. The van der Waals surface area contributed by atoms with E-state index in [9.17, 15) is 0 Å². The van der Waals surface area contributed by atoms with E-state index in [4.69, 9.17) is 9.47 Å². The fraction of sp³-hybridized carbons (Fsp3) is 0.769. The molecule has 4 aliphatic rings. The van der Waals surface area contributed by atoms with Crippen LogP contribution in [0.25, 0.3) is 0 Å². The van der Waals surface area contributed by atoms with Gasteiger partial charge in [0.2, 0.25) is 0 Å². The van der Waals surface area contributed by atoms with Crippen molar-refractivity contribution < 1.29 is 9.47 Å². The molecule has 4 aliphatic carbocycles. The van der Waals surface area contributed by atoms with Crippen molar-refractivity contribution in [2.45, 2.75) is 92.3 Å². The van der Waals surface area contributed by atoms with Crippen molar-refractivity contribution in [2.24, 2.45) is 33.5 Å². The first-order valence-electron chi connectivity index (χ1n) is 11.5. The Balaban J connectivity index is 1.27. The summed E-state index contributed by atoms with van der Waals surface area (Å²) in [7, 11) is 0. The van der Waals surface area contributed by atoms with Crippen molar-refractivity contribution in [1.29, 1.82) is 0 Å². The normalized spacial score (nSPS) is 44.8. The molecule has 28 heavy (non-hydrogen) atoms. The summed E-state index contributed by atoms with van der Waals surface area (Å²) in [6.07, 6.45) is 8.44. The van der Waals surface area contributed by atoms with Crippen molar-refractivity contribution >= 4 is 0 Å². The Hall–Kier alpha value is -1.18. The maximum atomic E-state index is 6.52. The number of benzene rings is 1. The fourth-order valence-corrected chi connectivity index (χ4v) is 7.54. The van der Waals surface area contributed by atoms with E-state index in [1.165, 1.54) is 38.5 Å². The highest BCUT2D eigenvalue weighted by Gasteiger charge is 2.63. The first kappa shape index (κ1) is 18.8. The van der Waals surface area contributed by atoms with E-state index in [1.54, 1.807) is 0 Å². The zero-order chi connectivity index (χ0) is 19.9. The van der Waals surface area contributed by atoms with E-state index in [-0.39, 0.29) is 0 Å². The maximum Gasteiger partial charge on any atom is 0.120 e. The molecule has 6 atom stereocenters. The minimum atomic E-state index is 0.302. The first-order valence-corrected chi connectivity index (χ1v) is 11.5. The summed E-state index contributed by atoms with van der Waals surface area (Å²) in [6, 6.07) is 8.49. The monoisotopic (exact) mass is 382 g/mol. The molecule has 2 heteroatoms. The Morgan fingerprint density at radius 3 is 1.25 bits per heavy atom. The zero-order valence-corrected chi connectivity index (χ0v) is 18.7. The molecule has 0 heterocycles. The van der Waals surface area contributed by atoms with Crippen LogP contribution in [0, 0.1) is 33.5 Å². The molecule has 0 N–H and O–H groups in total. The number of fused-ring (bicyclic) bond motifs is 4. The van der Waals surface area contributed by atoms with Gasteiger partial charge in [-0.15, -0.1) is 0 Å². The van der Waals surface area contributed by atoms with Gasteiger partial charge in [0.25, 0.3) is 0 Å². The largest absolute Gasteiger partial charge is 0.490 e. The minimum absolute atomic E-state index is 0.302. The Labute approximate surface area is 171 Å². The molecule has 5 rings (SSSR count). The van der Waals surface area contributed by atoms with Gasteiger partial charge in [0, 0.05) is 10.8 Å². The molecule has 0 radical (unpaired) electrons. The van der Waals surface area contributed by atoms with Crippen LogP contribution in [0.5, 0.6) is 11.5 Å². The van der Waals surface area contributed by atoms with Gasteiger partial charge < -0.3 is 9.47 Å². The molecule has 4 fully saturated rings. The molecule has 4 bridgehead atoms. The Kier molecular flexibility index (Phi) is 3.83. The number of hydrogen-bond donors (Lipinski definition) is 0. The van der Waals surface area contributed by atoms with Gasteiger partial charge >= 0.3 is 0 Å². The summed E-state index contributed by atoms with van der Waals surface area (Å²) in [4.78, 5) is 0.